The SMILES string of the molecule is C=C1C[C@@]23CC[C@H]4[C@@](C)(CCC[C@]4(C)C(=O)O)[C@@H]2[C@H](C)C[C@H]1[C@H]3O. The molecule has 0 aromatic rings. The molecule has 0 aliphatic heterocycles. The zero-order valence-corrected chi connectivity index (χ0v) is 15.3. The van der Waals surface area contributed by atoms with Crippen LogP contribution in [0.25, 0.3) is 0 Å². The average Bonchev–Trinajstić information content (AvgIpc) is 2.64. The first-order chi connectivity index (χ1) is 11.2. The van der Waals surface area contributed by atoms with Gasteiger partial charge in [0.1, 0.15) is 0 Å². The molecule has 0 aromatic carbocycles. The van der Waals surface area contributed by atoms with Crippen molar-refractivity contribution in [1.29, 1.82) is 0 Å². The van der Waals surface area contributed by atoms with Crippen LogP contribution < -0.4 is 0 Å². The molecule has 4 fully saturated rings. The van der Waals surface area contributed by atoms with Gasteiger partial charge in [0.05, 0.1) is 11.5 Å². The van der Waals surface area contributed by atoms with E-state index in [2.05, 4.69) is 20.4 Å². The van der Waals surface area contributed by atoms with Gasteiger partial charge in [-0.05, 0) is 68.6 Å². The Kier molecular flexibility index (Phi) is 3.37. The van der Waals surface area contributed by atoms with Crippen molar-refractivity contribution in [2.75, 3.05) is 0 Å². The Morgan fingerprint density at radius 2 is 1.96 bits per heavy atom. The lowest BCUT2D eigenvalue weighted by molar-refractivity contribution is -0.210. The van der Waals surface area contributed by atoms with Gasteiger partial charge in [-0.3, -0.25) is 4.79 Å². The van der Waals surface area contributed by atoms with E-state index in [9.17, 15) is 15.0 Å². The van der Waals surface area contributed by atoms with Crippen molar-refractivity contribution in [2.45, 2.75) is 71.8 Å². The van der Waals surface area contributed by atoms with Gasteiger partial charge in [0, 0.05) is 11.3 Å². The summed E-state index contributed by atoms with van der Waals surface area (Å²) < 4.78 is 0. The summed E-state index contributed by atoms with van der Waals surface area (Å²) in [5.74, 6) is 0.847. The Balaban J connectivity index is 1.82. The molecule has 0 aromatic heterocycles. The molecule has 1 spiro atoms. The van der Waals surface area contributed by atoms with Crippen LogP contribution in [0.4, 0.5) is 0 Å². The molecule has 2 bridgehead atoms. The van der Waals surface area contributed by atoms with Gasteiger partial charge in [-0.2, -0.15) is 0 Å². The lowest BCUT2D eigenvalue weighted by Gasteiger charge is -2.65. The van der Waals surface area contributed by atoms with E-state index in [0.29, 0.717) is 11.8 Å². The molecule has 0 heterocycles. The number of aliphatic hydroxyl groups is 1. The third-order valence-electron chi connectivity index (χ3n) is 8.94. The summed E-state index contributed by atoms with van der Waals surface area (Å²) in [4.78, 5) is 12.1. The second-order valence-electron chi connectivity index (χ2n) is 9.98. The summed E-state index contributed by atoms with van der Waals surface area (Å²) in [7, 11) is 0. The summed E-state index contributed by atoms with van der Waals surface area (Å²) >= 11 is 0. The molecular weight excluding hydrogens is 300 g/mol. The number of carboxylic acid groups (broad SMARTS) is 1. The van der Waals surface area contributed by atoms with Gasteiger partial charge >= 0.3 is 5.97 Å². The van der Waals surface area contributed by atoms with Gasteiger partial charge in [0.25, 0.3) is 0 Å². The predicted octanol–water partition coefficient (Wildman–Crippen LogP) is 4.26. The standard InChI is InChI=1S/C21H32O3/c1-12-10-14-13(2)11-21(17(14)22)9-6-15-19(3,16(12)21)7-5-8-20(15,4)18(23)24/h12,14-17,22H,2,5-11H2,1,3-4H3,(H,23,24)/t12-,14-,15+,16+,17-,19-,20+,21+/m1/s1. The van der Waals surface area contributed by atoms with E-state index in [1.165, 1.54) is 5.57 Å². The fourth-order valence-electron chi connectivity index (χ4n) is 8.28. The maximum absolute atomic E-state index is 12.1. The van der Waals surface area contributed by atoms with Crippen molar-refractivity contribution in [3.63, 3.8) is 0 Å². The van der Waals surface area contributed by atoms with Crippen molar-refractivity contribution >= 4 is 5.97 Å². The Morgan fingerprint density at radius 3 is 2.62 bits per heavy atom. The van der Waals surface area contributed by atoms with E-state index >= 15 is 0 Å². The minimum Gasteiger partial charge on any atom is -0.481 e. The van der Waals surface area contributed by atoms with E-state index in [0.717, 1.165) is 44.9 Å². The molecule has 8 atom stereocenters. The highest BCUT2D eigenvalue weighted by atomic mass is 16.4. The lowest BCUT2D eigenvalue weighted by atomic mass is 9.39. The lowest BCUT2D eigenvalue weighted by Crippen LogP contribution is -2.63. The second-order valence-corrected chi connectivity index (χ2v) is 9.98. The number of carboxylic acids is 1. The van der Waals surface area contributed by atoms with Crippen molar-refractivity contribution in [1.82, 2.24) is 0 Å². The minimum atomic E-state index is -0.618. The van der Waals surface area contributed by atoms with E-state index < -0.39 is 11.4 Å². The second kappa shape index (κ2) is 4.87. The van der Waals surface area contributed by atoms with Gasteiger partial charge in [-0.1, -0.05) is 32.4 Å². The molecule has 24 heavy (non-hydrogen) atoms. The molecule has 4 rings (SSSR count). The maximum atomic E-state index is 12.1. The smallest absolute Gasteiger partial charge is 0.309 e. The van der Waals surface area contributed by atoms with Gasteiger partial charge in [-0.15, -0.1) is 0 Å². The van der Waals surface area contributed by atoms with E-state index in [4.69, 9.17) is 0 Å². The summed E-state index contributed by atoms with van der Waals surface area (Å²) in [6, 6.07) is 0. The molecule has 0 radical (unpaired) electrons. The van der Waals surface area contributed by atoms with Crippen LogP contribution in [0.5, 0.6) is 0 Å². The molecule has 134 valence electrons. The molecule has 0 amide bonds. The predicted molar refractivity (Wildman–Crippen MR) is 93.4 cm³/mol. The number of hydrogen-bond acceptors (Lipinski definition) is 2. The molecule has 3 heteroatoms. The summed E-state index contributed by atoms with van der Waals surface area (Å²) in [5.41, 5.74) is 0.628. The van der Waals surface area contributed by atoms with Gasteiger partial charge in [0.15, 0.2) is 0 Å². The van der Waals surface area contributed by atoms with Crippen molar-refractivity contribution in [3.05, 3.63) is 12.2 Å². The molecule has 2 N–H and O–H groups in total. The number of fused-ring (bicyclic) bond motifs is 3. The topological polar surface area (TPSA) is 57.5 Å². The van der Waals surface area contributed by atoms with E-state index in [1.54, 1.807) is 0 Å². The van der Waals surface area contributed by atoms with Crippen molar-refractivity contribution < 1.29 is 15.0 Å². The molecule has 4 saturated carbocycles. The Morgan fingerprint density at radius 1 is 1.25 bits per heavy atom. The number of carbonyl (C=O) groups is 1. The Bertz CT molecular complexity index is 598. The van der Waals surface area contributed by atoms with E-state index in [-0.39, 0.29) is 28.8 Å². The number of aliphatic hydroxyl groups excluding tert-OH is 1. The van der Waals surface area contributed by atoms with Crippen molar-refractivity contribution in [2.24, 2.45) is 39.9 Å². The first kappa shape index (κ1) is 16.6. The minimum absolute atomic E-state index is 0.0274. The molecule has 0 unspecified atom stereocenters. The van der Waals surface area contributed by atoms with Gasteiger partial charge in [-0.25, -0.2) is 0 Å². The molecular formula is C21H32O3. The highest BCUT2D eigenvalue weighted by Crippen LogP contribution is 2.73. The summed E-state index contributed by atoms with van der Waals surface area (Å²) in [5, 5.41) is 21.1. The van der Waals surface area contributed by atoms with Crippen molar-refractivity contribution in [3.8, 4) is 0 Å². The zero-order valence-electron chi connectivity index (χ0n) is 15.3. The molecule has 0 saturated heterocycles. The van der Waals surface area contributed by atoms with E-state index in [1.807, 2.05) is 6.92 Å². The van der Waals surface area contributed by atoms with Crippen LogP contribution in [0.3, 0.4) is 0 Å². The highest BCUT2D eigenvalue weighted by Gasteiger charge is 2.69. The fourth-order valence-corrected chi connectivity index (χ4v) is 8.28. The molecule has 3 nitrogen and oxygen atoms in total. The largest absolute Gasteiger partial charge is 0.481 e. The van der Waals surface area contributed by atoms with Gasteiger partial charge in [0.2, 0.25) is 0 Å². The number of hydrogen-bond donors (Lipinski definition) is 2. The van der Waals surface area contributed by atoms with Crippen LogP contribution in [0.15, 0.2) is 12.2 Å². The first-order valence-electron chi connectivity index (χ1n) is 9.76. The normalized spacial score (nSPS) is 56.5. The third kappa shape index (κ3) is 1.75. The van der Waals surface area contributed by atoms with Crippen LogP contribution in [0.2, 0.25) is 0 Å². The van der Waals surface area contributed by atoms with Crippen LogP contribution in [-0.4, -0.2) is 22.3 Å². The Hall–Kier alpha value is -0.830. The quantitative estimate of drug-likeness (QED) is 0.706. The van der Waals surface area contributed by atoms with Crippen LogP contribution in [0, 0.1) is 39.9 Å². The maximum Gasteiger partial charge on any atom is 0.309 e. The first-order valence-corrected chi connectivity index (χ1v) is 9.76. The van der Waals surface area contributed by atoms with Gasteiger partial charge < -0.3 is 10.2 Å². The molecule has 4 aliphatic rings. The van der Waals surface area contributed by atoms with Crippen LogP contribution in [-0.2, 0) is 4.79 Å². The number of rotatable bonds is 1. The fraction of sp³-hybridized carbons (Fsp3) is 0.857. The Labute approximate surface area is 145 Å². The van der Waals surface area contributed by atoms with Crippen LogP contribution in [0.1, 0.15) is 65.7 Å². The average molecular weight is 332 g/mol. The number of aliphatic carboxylic acids is 1. The highest BCUT2D eigenvalue weighted by molar-refractivity contribution is 5.75. The summed E-state index contributed by atoms with van der Waals surface area (Å²) in [6.07, 6.45) is 6.55. The third-order valence-corrected chi connectivity index (χ3v) is 8.94. The molecule has 4 aliphatic carbocycles. The summed E-state index contributed by atoms with van der Waals surface area (Å²) in [6.45, 7) is 11.0. The monoisotopic (exact) mass is 332 g/mol. The zero-order chi connectivity index (χ0) is 17.5. The van der Waals surface area contributed by atoms with Crippen LogP contribution >= 0.6 is 0 Å².